The lowest BCUT2D eigenvalue weighted by Gasteiger charge is -2.08. The molecule has 6 nitrogen and oxygen atoms in total. The third-order valence-corrected chi connectivity index (χ3v) is 9.47. The van der Waals surface area contributed by atoms with Crippen LogP contribution in [0, 0.1) is 0 Å². The van der Waals surface area contributed by atoms with Gasteiger partial charge in [0.05, 0.1) is 0 Å². The van der Waals surface area contributed by atoms with Gasteiger partial charge in [-0.2, -0.15) is 0 Å². The van der Waals surface area contributed by atoms with Crippen molar-refractivity contribution in [3.8, 4) is 0 Å². The van der Waals surface area contributed by atoms with Gasteiger partial charge in [0, 0.05) is 39.0 Å². The van der Waals surface area contributed by atoms with Crippen LogP contribution in [0.5, 0.6) is 0 Å². The Balaban J connectivity index is 3.23. The van der Waals surface area contributed by atoms with Crippen molar-refractivity contribution >= 4 is 11.8 Å². The third-order valence-electron chi connectivity index (χ3n) is 9.47. The molecular weight excluding hydrogens is 580 g/mol. The van der Waals surface area contributed by atoms with Crippen molar-refractivity contribution in [1.82, 2.24) is 21.3 Å². The van der Waals surface area contributed by atoms with Crippen LogP contribution in [0.3, 0.4) is 0 Å². The minimum absolute atomic E-state index is 0.158. The average Bonchev–Trinajstić information content (AvgIpc) is 3.07. The van der Waals surface area contributed by atoms with Gasteiger partial charge in [0.25, 0.3) is 0 Å². The van der Waals surface area contributed by atoms with Crippen molar-refractivity contribution in [2.75, 3.05) is 39.3 Å². The number of hydrogen-bond donors (Lipinski definition) is 4. The second-order valence-electron chi connectivity index (χ2n) is 14.2. The molecule has 0 aliphatic carbocycles. The molecule has 0 rings (SSSR count). The van der Waals surface area contributed by atoms with Gasteiger partial charge in [-0.25, -0.2) is 0 Å². The molecule has 4 N–H and O–H groups in total. The molecule has 0 aromatic carbocycles. The van der Waals surface area contributed by atoms with E-state index in [9.17, 15) is 9.59 Å². The highest BCUT2D eigenvalue weighted by molar-refractivity contribution is 5.76. The standard InChI is InChI=1S/C41H84N4O2/c1-3-5-7-9-11-13-15-17-19-21-23-25-27-29-36-44-40(46)32-38-42-34-31-35-43-39-33-41(47)45-37-30-28-26-24-22-20-18-16-14-12-10-8-6-4-2/h42-43H,3-39H2,1-2H3,(H,44,46)(H,45,47). The van der Waals surface area contributed by atoms with Gasteiger partial charge in [0.2, 0.25) is 11.8 Å². The molecule has 0 aromatic heterocycles. The van der Waals surface area contributed by atoms with Crippen molar-refractivity contribution in [2.45, 2.75) is 213 Å². The van der Waals surface area contributed by atoms with Gasteiger partial charge in [0.15, 0.2) is 0 Å². The first-order valence-electron chi connectivity index (χ1n) is 21.2. The Bertz CT molecular complexity index is 579. The summed E-state index contributed by atoms with van der Waals surface area (Å²) in [5, 5.41) is 12.9. The molecule has 0 spiro atoms. The predicted molar refractivity (Wildman–Crippen MR) is 206 cm³/mol. The van der Waals surface area contributed by atoms with E-state index in [4.69, 9.17) is 0 Å². The first-order chi connectivity index (χ1) is 23.2. The van der Waals surface area contributed by atoms with Gasteiger partial charge >= 0.3 is 0 Å². The molecule has 0 heterocycles. The van der Waals surface area contributed by atoms with E-state index in [1.807, 2.05) is 0 Å². The Hall–Kier alpha value is -1.14. The Morgan fingerprint density at radius 1 is 0.298 bits per heavy atom. The molecule has 0 fully saturated rings. The monoisotopic (exact) mass is 665 g/mol. The number of unbranched alkanes of at least 4 members (excludes halogenated alkanes) is 26. The average molecular weight is 665 g/mol. The van der Waals surface area contributed by atoms with Crippen molar-refractivity contribution < 1.29 is 9.59 Å². The fourth-order valence-corrected chi connectivity index (χ4v) is 6.26. The molecule has 6 heteroatoms. The molecule has 280 valence electrons. The molecule has 0 saturated carbocycles. The van der Waals surface area contributed by atoms with Gasteiger partial charge in [-0.3, -0.25) is 9.59 Å². The highest BCUT2D eigenvalue weighted by Gasteiger charge is 2.02. The number of rotatable bonds is 40. The van der Waals surface area contributed by atoms with E-state index in [0.29, 0.717) is 12.8 Å². The zero-order valence-electron chi connectivity index (χ0n) is 32.0. The first-order valence-corrected chi connectivity index (χ1v) is 21.2. The van der Waals surface area contributed by atoms with Gasteiger partial charge in [-0.05, 0) is 32.4 Å². The van der Waals surface area contributed by atoms with Crippen LogP contribution < -0.4 is 21.3 Å². The highest BCUT2D eigenvalue weighted by Crippen LogP contribution is 2.14. The molecule has 47 heavy (non-hydrogen) atoms. The zero-order chi connectivity index (χ0) is 34.1. The van der Waals surface area contributed by atoms with Gasteiger partial charge in [-0.1, -0.05) is 181 Å². The fourth-order valence-electron chi connectivity index (χ4n) is 6.26. The molecule has 0 aromatic rings. The van der Waals surface area contributed by atoms with Crippen LogP contribution in [-0.4, -0.2) is 51.1 Å². The summed E-state index contributed by atoms with van der Waals surface area (Å²) in [5.74, 6) is 0.316. The minimum Gasteiger partial charge on any atom is -0.356 e. The topological polar surface area (TPSA) is 82.3 Å². The summed E-state index contributed by atoms with van der Waals surface area (Å²) >= 11 is 0. The number of carbonyl (C=O) groups is 2. The Morgan fingerprint density at radius 2 is 0.553 bits per heavy atom. The van der Waals surface area contributed by atoms with Crippen LogP contribution in [0.4, 0.5) is 0 Å². The molecule has 0 aliphatic rings. The van der Waals surface area contributed by atoms with Crippen molar-refractivity contribution in [2.24, 2.45) is 0 Å². The molecule has 0 atom stereocenters. The summed E-state index contributed by atoms with van der Waals surface area (Å²) in [6.07, 6.45) is 40.1. The Kier molecular flexibility index (Phi) is 40.0. The minimum atomic E-state index is 0.158. The maximum absolute atomic E-state index is 12.0. The van der Waals surface area contributed by atoms with E-state index in [0.717, 1.165) is 58.5 Å². The second kappa shape index (κ2) is 41.0. The zero-order valence-corrected chi connectivity index (χ0v) is 32.0. The smallest absolute Gasteiger partial charge is 0.221 e. The van der Waals surface area contributed by atoms with Gasteiger partial charge in [0.1, 0.15) is 0 Å². The summed E-state index contributed by atoms with van der Waals surface area (Å²) in [6.45, 7) is 9.43. The highest BCUT2D eigenvalue weighted by atomic mass is 16.2. The molecular formula is C41H84N4O2. The van der Waals surface area contributed by atoms with Crippen LogP contribution >= 0.6 is 0 Å². The summed E-state index contributed by atoms with van der Waals surface area (Å²) in [6, 6.07) is 0. The maximum Gasteiger partial charge on any atom is 0.221 e. The van der Waals surface area contributed by atoms with Crippen LogP contribution in [0.25, 0.3) is 0 Å². The van der Waals surface area contributed by atoms with E-state index in [2.05, 4.69) is 35.1 Å². The van der Waals surface area contributed by atoms with Crippen molar-refractivity contribution in [3.05, 3.63) is 0 Å². The second-order valence-corrected chi connectivity index (χ2v) is 14.2. The van der Waals surface area contributed by atoms with Crippen LogP contribution in [-0.2, 0) is 9.59 Å². The normalized spacial score (nSPS) is 11.3. The number of amides is 2. The molecule has 2 amide bonds. The predicted octanol–water partition coefficient (Wildman–Crippen LogP) is 10.5. The van der Waals surface area contributed by atoms with E-state index in [1.165, 1.54) is 167 Å². The lowest BCUT2D eigenvalue weighted by Crippen LogP contribution is -2.31. The fraction of sp³-hybridized carbons (Fsp3) is 0.951. The molecule has 0 aliphatic heterocycles. The summed E-state index contributed by atoms with van der Waals surface area (Å²) in [5.41, 5.74) is 0. The Labute approximate surface area is 294 Å². The number of carbonyl (C=O) groups excluding carboxylic acids is 2. The summed E-state index contributed by atoms with van der Waals surface area (Å²) in [4.78, 5) is 24.1. The first kappa shape index (κ1) is 45.9. The van der Waals surface area contributed by atoms with Gasteiger partial charge in [-0.15, -0.1) is 0 Å². The van der Waals surface area contributed by atoms with Crippen LogP contribution in [0.15, 0.2) is 0 Å². The molecule has 0 bridgehead atoms. The van der Waals surface area contributed by atoms with E-state index >= 15 is 0 Å². The number of nitrogens with one attached hydrogen (secondary N) is 4. The Morgan fingerprint density at radius 3 is 0.830 bits per heavy atom. The van der Waals surface area contributed by atoms with Crippen LogP contribution in [0.1, 0.15) is 213 Å². The third kappa shape index (κ3) is 40.9. The number of hydrogen-bond acceptors (Lipinski definition) is 4. The van der Waals surface area contributed by atoms with Crippen LogP contribution in [0.2, 0.25) is 0 Å². The molecule has 0 unspecified atom stereocenters. The van der Waals surface area contributed by atoms with Crippen molar-refractivity contribution in [1.29, 1.82) is 0 Å². The lowest BCUT2D eigenvalue weighted by molar-refractivity contribution is -0.121. The van der Waals surface area contributed by atoms with Gasteiger partial charge < -0.3 is 21.3 Å². The summed E-state index contributed by atoms with van der Waals surface area (Å²) in [7, 11) is 0. The molecule has 0 radical (unpaired) electrons. The summed E-state index contributed by atoms with van der Waals surface area (Å²) < 4.78 is 0. The van der Waals surface area contributed by atoms with E-state index in [1.54, 1.807) is 0 Å². The lowest BCUT2D eigenvalue weighted by atomic mass is 10.0. The van der Waals surface area contributed by atoms with E-state index < -0.39 is 0 Å². The molecule has 0 saturated heterocycles. The SMILES string of the molecule is CCCCCCCCCCCCCCCCNC(=O)CCNCCCNCCC(=O)NCCCCCCCCCCCCCCCC. The largest absolute Gasteiger partial charge is 0.356 e. The quantitative estimate of drug-likeness (QED) is 0.0491. The van der Waals surface area contributed by atoms with E-state index in [-0.39, 0.29) is 11.8 Å². The van der Waals surface area contributed by atoms with Crippen molar-refractivity contribution in [3.63, 3.8) is 0 Å². The maximum atomic E-state index is 12.0.